The van der Waals surface area contributed by atoms with E-state index in [1.807, 2.05) is 0 Å². The van der Waals surface area contributed by atoms with Crippen molar-refractivity contribution in [2.24, 2.45) is 5.73 Å². The summed E-state index contributed by atoms with van der Waals surface area (Å²) in [5, 5.41) is 8.88. The van der Waals surface area contributed by atoms with Crippen LogP contribution in [0, 0.1) is 0 Å². The van der Waals surface area contributed by atoms with Crippen LogP contribution in [-0.2, 0) is 25.1 Å². The maximum atomic E-state index is 12.4. The summed E-state index contributed by atoms with van der Waals surface area (Å²) in [7, 11) is -11.2. The molecule has 2 atom stereocenters. The summed E-state index contributed by atoms with van der Waals surface area (Å²) in [6.45, 7) is 2.15. The molecule has 0 saturated carbocycles. The van der Waals surface area contributed by atoms with Gasteiger partial charge < -0.3 is 40.0 Å². The zero-order valence-electron chi connectivity index (χ0n) is 25.0. The van der Waals surface area contributed by atoms with Crippen molar-refractivity contribution in [1.29, 1.82) is 0 Å². The van der Waals surface area contributed by atoms with Gasteiger partial charge in [0.1, 0.15) is 18.8 Å². The van der Waals surface area contributed by atoms with Crippen LogP contribution >= 0.6 is 38.4 Å². The zero-order valence-corrected chi connectivity index (χ0v) is 31.3. The van der Waals surface area contributed by atoms with Crippen molar-refractivity contribution >= 4 is 56.4 Å². The monoisotopic (exact) mass is 650 g/mol. The van der Waals surface area contributed by atoms with Crippen molar-refractivity contribution in [3.63, 3.8) is 0 Å². The largest absolute Gasteiger partial charge is 1.00 e. The van der Waals surface area contributed by atoms with Crippen LogP contribution in [0.4, 0.5) is 5.69 Å². The van der Waals surface area contributed by atoms with Gasteiger partial charge in [0, 0.05) is 12.5 Å². The number of hydrogen-bond acceptors (Lipinski definition) is 6. The number of aliphatic hydroxyl groups is 1. The Hall–Kier alpha value is 2.12. The molecule has 12 nitrogen and oxygen atoms in total. The van der Waals surface area contributed by atoms with E-state index in [2.05, 4.69) is 5.32 Å². The van der Waals surface area contributed by atoms with E-state index in [1.54, 1.807) is 24.3 Å². The van der Waals surface area contributed by atoms with Crippen LogP contribution < -0.4 is 104 Å². The minimum atomic E-state index is -5.58. The first-order chi connectivity index (χ1) is 16.1. The molecule has 0 saturated heterocycles. The Morgan fingerprint density at radius 2 is 1.53 bits per heavy atom. The summed E-state index contributed by atoms with van der Waals surface area (Å²) in [6.07, 6.45) is -0.395. The first-order valence-electron chi connectivity index (χ1n) is 10.5. The van der Waals surface area contributed by atoms with Crippen LogP contribution in [0.2, 0.25) is 0 Å². The number of amides is 2. The van der Waals surface area contributed by atoms with Crippen molar-refractivity contribution in [3.05, 3.63) is 29.8 Å². The number of quaternary nitrogens is 1. The molecule has 1 unspecified atom stereocenters. The van der Waals surface area contributed by atoms with Gasteiger partial charge in [-0.2, -0.15) is 0 Å². The van der Waals surface area contributed by atoms with Gasteiger partial charge in [0.05, 0.1) is 17.8 Å². The number of rotatable bonds is 15. The smallest absolute Gasteiger partial charge is 1.00 e. The maximum Gasteiger partial charge on any atom is 1.00 e. The summed E-state index contributed by atoms with van der Waals surface area (Å²) in [5.41, 5.74) is 7.33. The maximum absolute atomic E-state index is 12.4. The average Bonchev–Trinajstić information content (AvgIpc) is 2.76. The Morgan fingerprint density at radius 3 is 1.89 bits per heavy atom. The molecule has 38 heavy (non-hydrogen) atoms. The van der Waals surface area contributed by atoms with E-state index < -0.39 is 44.7 Å². The molecule has 0 aliphatic carbocycles. The van der Waals surface area contributed by atoms with Gasteiger partial charge in [-0.05, 0) is 37.5 Å². The third-order valence-electron chi connectivity index (χ3n) is 5.65. The van der Waals surface area contributed by atoms with E-state index in [1.165, 1.54) is 6.92 Å². The van der Waals surface area contributed by atoms with E-state index in [0.29, 0.717) is 24.3 Å². The Balaban J connectivity index is -0.000000510. The Bertz CT molecular complexity index is 958. The molecule has 1 aromatic carbocycles. The molecule has 0 bridgehead atoms. The number of carbonyl (C=O) groups is 2. The first kappa shape index (κ1) is 44.6. The minimum absolute atomic E-state index is 0. The number of benzene rings is 1. The summed E-state index contributed by atoms with van der Waals surface area (Å²) >= 11 is 11.7. The number of nitrogens with two attached hydrogens (primary N) is 1. The van der Waals surface area contributed by atoms with Crippen LogP contribution in [0.25, 0.3) is 0 Å². The molecule has 0 spiro atoms. The van der Waals surface area contributed by atoms with Gasteiger partial charge in [0.2, 0.25) is 5.91 Å². The number of alkyl halides is 2. The van der Waals surface area contributed by atoms with Crippen LogP contribution in [0.5, 0.6) is 0 Å². The number of nitrogens with one attached hydrogen (secondary N) is 1. The molecular formula is C19H35Cl2N3Na3O9P2+. The molecule has 0 radical (unpaired) electrons. The molecule has 1 aromatic rings. The summed E-state index contributed by atoms with van der Waals surface area (Å²) < 4.78 is 22.8. The topological polar surface area (TPSA) is 207 Å². The summed E-state index contributed by atoms with van der Waals surface area (Å²) in [4.78, 5) is 61.0. The van der Waals surface area contributed by atoms with Crippen molar-refractivity contribution in [1.82, 2.24) is 9.80 Å². The summed E-state index contributed by atoms with van der Waals surface area (Å²) in [6, 6.07) is 5.05. The predicted molar refractivity (Wildman–Crippen MR) is 136 cm³/mol. The van der Waals surface area contributed by atoms with E-state index in [4.69, 9.17) is 28.9 Å². The zero-order chi connectivity index (χ0) is 27.1. The second-order valence-electron chi connectivity index (χ2n) is 8.25. The second kappa shape index (κ2) is 19.4. The third kappa shape index (κ3) is 12.4. The molecule has 0 aromatic heterocycles. The van der Waals surface area contributed by atoms with Gasteiger partial charge in [-0.3, -0.25) is 13.9 Å². The van der Waals surface area contributed by atoms with Gasteiger partial charge in [0.25, 0.3) is 5.08 Å². The number of nitrogens with zero attached hydrogens (tertiary/aromatic N) is 1. The molecule has 0 heterocycles. The average molecular weight is 651 g/mol. The van der Waals surface area contributed by atoms with E-state index >= 15 is 0 Å². The predicted octanol–water partition coefficient (Wildman–Crippen LogP) is -7.87. The molecule has 1 rings (SSSR count). The van der Waals surface area contributed by atoms with Gasteiger partial charge >= 0.3 is 110 Å². The Kier molecular flexibility index (Phi) is 22.8. The van der Waals surface area contributed by atoms with Crippen LogP contribution in [0.15, 0.2) is 24.3 Å². The van der Waals surface area contributed by atoms with E-state index in [9.17, 15) is 43.4 Å². The van der Waals surface area contributed by atoms with Gasteiger partial charge in [0.15, 0.2) is 0 Å². The van der Waals surface area contributed by atoms with Gasteiger partial charge in [-0.15, -0.1) is 23.2 Å². The third-order valence-corrected chi connectivity index (χ3v) is 9.86. The number of carbonyl (C=O) groups excluding carboxylic acids is 2. The number of halogens is 2. The molecule has 0 aliphatic rings. The normalized spacial score (nSPS) is 13.7. The molecule has 0 aliphatic heterocycles. The fourth-order valence-electron chi connectivity index (χ4n) is 3.41. The van der Waals surface area contributed by atoms with Crippen molar-refractivity contribution in [3.8, 4) is 0 Å². The first-order valence-corrected chi connectivity index (χ1v) is 14.8. The minimum Gasteiger partial charge on any atom is -1.00 e. The molecule has 19 heteroatoms. The van der Waals surface area contributed by atoms with Crippen LogP contribution in [-0.4, -0.2) is 79.0 Å². The number of hydrogen-bond donors (Lipinski definition) is 7. The molecule has 2 amide bonds. The van der Waals surface area contributed by atoms with Gasteiger partial charge in [-0.25, -0.2) is 9.28 Å². The van der Waals surface area contributed by atoms with Gasteiger partial charge in [-0.1, -0.05) is 12.1 Å². The molecule has 0 fully saturated rings. The standard InChI is InChI=1S/C19H31Cl2N3O9P2.3Na.3H/c1-14(6-7-19(27,34(28,29)30)35(31,32)33)23-18(26)17(22)12-15-2-4-16(5-3-15)24(13-25,10-8-20)11-9-21;;;;;;/h2-5,13-14,17,27H,6-12,22H2,1H3,(H4-,23,26,28,29,30,31,32,33);;;;;;/q;3*+1;3*-1/p+1/t14?,17-;;;;;;/m0....../s1. The van der Waals surface area contributed by atoms with E-state index in [-0.39, 0.29) is 122 Å². The Morgan fingerprint density at radius 1 is 1.08 bits per heavy atom. The van der Waals surface area contributed by atoms with Crippen molar-refractivity contribution in [2.45, 2.75) is 43.4 Å². The van der Waals surface area contributed by atoms with Crippen LogP contribution in [0.3, 0.4) is 0 Å². The Labute approximate surface area is 303 Å². The molecule has 8 N–H and O–H groups in total. The van der Waals surface area contributed by atoms with Crippen molar-refractivity contribution in [2.75, 3.05) is 24.8 Å². The van der Waals surface area contributed by atoms with Crippen LogP contribution in [0.1, 0.15) is 29.6 Å². The quantitative estimate of drug-likeness (QED) is 0.0314. The van der Waals surface area contributed by atoms with E-state index in [0.717, 1.165) is 6.41 Å². The molecule has 206 valence electrons. The second-order valence-corrected chi connectivity index (χ2v) is 13.0. The fourth-order valence-corrected chi connectivity index (χ4v) is 6.21. The summed E-state index contributed by atoms with van der Waals surface area (Å²) in [5.74, 6) is -0.111. The SMILES string of the molecule is CC(CCC(O)(P(=O)(O)O)P(=O)(O)O)NC(=O)[C@@H](N)Cc1ccc([N+](C=O)(CCCl)CCCl)cc1.[H-].[H-].[H-].[Na+].[Na+].[Na+]. The fraction of sp³-hybridized carbons (Fsp3) is 0.579. The molecular weight excluding hydrogens is 616 g/mol. The van der Waals surface area contributed by atoms with Crippen molar-refractivity contribution < 1.29 is 136 Å².